The van der Waals surface area contributed by atoms with Gasteiger partial charge in [0.15, 0.2) is 6.29 Å². The Labute approximate surface area is 161 Å². The average molecular weight is 375 g/mol. The van der Waals surface area contributed by atoms with E-state index in [4.69, 9.17) is 5.26 Å². The molecule has 140 valence electrons. The molecule has 0 fully saturated rings. The topological polar surface area (TPSA) is 76.5 Å². The van der Waals surface area contributed by atoms with Gasteiger partial charge in [-0.25, -0.2) is 9.37 Å². The molecule has 6 nitrogen and oxygen atoms in total. The highest BCUT2D eigenvalue weighted by molar-refractivity contribution is 5.83. The summed E-state index contributed by atoms with van der Waals surface area (Å²) < 4.78 is 18.0. The highest BCUT2D eigenvalue weighted by atomic mass is 19.1. The Kier molecular flexibility index (Phi) is 4.19. The van der Waals surface area contributed by atoms with E-state index in [1.54, 1.807) is 6.07 Å². The quantitative estimate of drug-likeness (QED) is 0.655. The maximum absolute atomic E-state index is 14.2. The molecule has 1 aromatic carbocycles. The molecule has 28 heavy (non-hydrogen) atoms. The van der Waals surface area contributed by atoms with Crippen LogP contribution in [0.3, 0.4) is 0 Å². The zero-order valence-corrected chi connectivity index (χ0v) is 15.8. The van der Waals surface area contributed by atoms with Crippen LogP contribution in [-0.2, 0) is 13.5 Å². The molecule has 0 radical (unpaired) electrons. The lowest BCUT2D eigenvalue weighted by molar-refractivity contribution is 0.111. The predicted octanol–water partition coefficient (Wildman–Crippen LogP) is 3.67. The maximum atomic E-state index is 14.2. The lowest BCUT2D eigenvalue weighted by Gasteiger charge is -2.18. The highest BCUT2D eigenvalue weighted by Crippen LogP contribution is 2.33. The van der Waals surface area contributed by atoms with E-state index in [2.05, 4.69) is 16.2 Å². The van der Waals surface area contributed by atoms with Crippen LogP contribution >= 0.6 is 0 Å². The Morgan fingerprint density at radius 2 is 2.04 bits per heavy atom. The number of nitriles is 1. The third kappa shape index (κ3) is 2.65. The fraction of sp³-hybridized carbons (Fsp3) is 0.238. The van der Waals surface area contributed by atoms with Crippen LogP contribution in [0.25, 0.3) is 23.2 Å². The third-order valence-corrected chi connectivity index (χ3v) is 5.28. The Hall–Kier alpha value is -3.53. The van der Waals surface area contributed by atoms with E-state index >= 15 is 0 Å². The van der Waals surface area contributed by atoms with Crippen LogP contribution in [0.5, 0.6) is 0 Å². The minimum absolute atomic E-state index is 0.0262. The van der Waals surface area contributed by atoms with E-state index in [1.165, 1.54) is 12.1 Å². The molecular formula is C21H18FN5O. The smallest absolute Gasteiger partial charge is 0.170 e. The van der Waals surface area contributed by atoms with E-state index in [9.17, 15) is 9.18 Å². The largest absolute Gasteiger partial charge is 0.300 e. The van der Waals surface area contributed by atoms with Gasteiger partial charge in [-0.05, 0) is 51.0 Å². The number of allylic oxidation sites excluding steroid dienone is 1. The van der Waals surface area contributed by atoms with Crippen LogP contribution in [0, 0.1) is 31.0 Å². The monoisotopic (exact) mass is 375 g/mol. The molecule has 1 aliphatic rings. The van der Waals surface area contributed by atoms with Crippen molar-refractivity contribution in [2.45, 2.75) is 26.7 Å². The Morgan fingerprint density at radius 3 is 2.71 bits per heavy atom. The molecule has 0 unspecified atom stereocenters. The highest BCUT2D eigenvalue weighted by Gasteiger charge is 2.23. The van der Waals surface area contributed by atoms with E-state index in [0.29, 0.717) is 29.1 Å². The van der Waals surface area contributed by atoms with Crippen molar-refractivity contribution in [2.24, 2.45) is 7.05 Å². The molecule has 7 heteroatoms. The zero-order valence-electron chi connectivity index (χ0n) is 15.8. The number of aromatic nitrogens is 4. The van der Waals surface area contributed by atoms with Crippen LogP contribution in [0.1, 0.15) is 45.1 Å². The van der Waals surface area contributed by atoms with Crippen molar-refractivity contribution in [3.63, 3.8) is 0 Å². The summed E-state index contributed by atoms with van der Waals surface area (Å²) in [5, 5.41) is 13.5. The van der Waals surface area contributed by atoms with Crippen molar-refractivity contribution in [1.29, 1.82) is 5.26 Å². The zero-order chi connectivity index (χ0) is 20.0. The van der Waals surface area contributed by atoms with E-state index < -0.39 is 5.82 Å². The number of carbonyl (C=O) groups excluding carboxylic acids is 1. The summed E-state index contributed by atoms with van der Waals surface area (Å²) in [4.78, 5) is 15.9. The molecule has 0 spiro atoms. The molecule has 0 saturated heterocycles. The first-order valence-electron chi connectivity index (χ1n) is 8.92. The van der Waals surface area contributed by atoms with Gasteiger partial charge in [-0.3, -0.25) is 9.48 Å². The Bertz CT molecular complexity index is 1190. The lowest BCUT2D eigenvalue weighted by atomic mass is 9.99. The van der Waals surface area contributed by atoms with Crippen molar-refractivity contribution in [1.82, 2.24) is 19.3 Å². The molecule has 0 atom stereocenters. The first-order valence-corrected chi connectivity index (χ1v) is 8.92. The first-order chi connectivity index (χ1) is 13.4. The minimum Gasteiger partial charge on any atom is -0.300 e. The van der Waals surface area contributed by atoms with Gasteiger partial charge in [-0.1, -0.05) is 0 Å². The van der Waals surface area contributed by atoms with Crippen LogP contribution < -0.4 is 0 Å². The van der Waals surface area contributed by atoms with Crippen molar-refractivity contribution in [2.75, 3.05) is 0 Å². The Balaban J connectivity index is 1.92. The number of carbonyl (C=O) groups is 1. The second-order valence-corrected chi connectivity index (χ2v) is 6.87. The number of nitrogens with zero attached hydrogens (tertiary/aromatic N) is 5. The summed E-state index contributed by atoms with van der Waals surface area (Å²) >= 11 is 0. The molecule has 0 aliphatic heterocycles. The van der Waals surface area contributed by atoms with Crippen molar-refractivity contribution in [3.05, 3.63) is 57.9 Å². The summed E-state index contributed by atoms with van der Waals surface area (Å²) in [7, 11) is 1.92. The molecule has 0 bridgehead atoms. The summed E-state index contributed by atoms with van der Waals surface area (Å²) in [5.41, 5.74) is 5.65. The molecular weight excluding hydrogens is 357 g/mol. The van der Waals surface area contributed by atoms with Gasteiger partial charge in [0.2, 0.25) is 0 Å². The fourth-order valence-corrected chi connectivity index (χ4v) is 3.65. The van der Waals surface area contributed by atoms with E-state index in [1.807, 2.05) is 36.2 Å². The number of imidazole rings is 1. The second kappa shape index (κ2) is 6.57. The normalized spacial score (nSPS) is 13.0. The van der Waals surface area contributed by atoms with E-state index in [0.717, 1.165) is 35.5 Å². The number of rotatable bonds is 3. The second-order valence-electron chi connectivity index (χ2n) is 6.87. The standard InChI is InChI=1S/C21H18FN5O/c1-12-17-9-16(6-7-19(17)25-26(12)3)27-13(2)20(11-28)24-21(27)14-4-5-15(10-23)18(22)8-14/h4-5,8-9,11H,6-7H2,1-3H3. The van der Waals surface area contributed by atoms with Crippen molar-refractivity contribution >= 4 is 18.1 Å². The number of hydrogen-bond acceptors (Lipinski definition) is 4. The number of halogens is 1. The number of aldehydes is 1. The molecule has 1 aliphatic carbocycles. The number of aryl methyl sites for hydroxylation is 2. The summed E-state index contributed by atoms with van der Waals surface area (Å²) in [6, 6.07) is 6.19. The van der Waals surface area contributed by atoms with Gasteiger partial charge in [-0.15, -0.1) is 0 Å². The van der Waals surface area contributed by atoms with Crippen LogP contribution in [0.4, 0.5) is 4.39 Å². The van der Waals surface area contributed by atoms with Gasteiger partial charge in [0.05, 0.1) is 17.0 Å². The molecule has 2 heterocycles. The van der Waals surface area contributed by atoms with Gasteiger partial charge in [0.1, 0.15) is 23.4 Å². The number of hydrogen-bond donors (Lipinski definition) is 0. The fourth-order valence-electron chi connectivity index (χ4n) is 3.65. The van der Waals surface area contributed by atoms with Crippen molar-refractivity contribution < 1.29 is 9.18 Å². The average Bonchev–Trinajstić information content (AvgIpc) is 3.17. The molecule has 0 saturated carbocycles. The maximum Gasteiger partial charge on any atom is 0.170 e. The van der Waals surface area contributed by atoms with Crippen molar-refractivity contribution in [3.8, 4) is 17.5 Å². The van der Waals surface area contributed by atoms with Gasteiger partial charge in [0.25, 0.3) is 0 Å². The molecule has 2 aromatic heterocycles. The predicted molar refractivity (Wildman–Crippen MR) is 103 cm³/mol. The summed E-state index contributed by atoms with van der Waals surface area (Å²) in [6.45, 7) is 3.84. The van der Waals surface area contributed by atoms with Crippen LogP contribution in [0.2, 0.25) is 0 Å². The van der Waals surface area contributed by atoms with Gasteiger partial charge >= 0.3 is 0 Å². The Morgan fingerprint density at radius 1 is 1.25 bits per heavy atom. The van der Waals surface area contributed by atoms with Gasteiger partial charge < -0.3 is 4.57 Å². The van der Waals surface area contributed by atoms with Crippen LogP contribution in [0.15, 0.2) is 18.2 Å². The first kappa shape index (κ1) is 17.9. The summed E-state index contributed by atoms with van der Waals surface area (Å²) in [5.74, 6) is -0.123. The summed E-state index contributed by atoms with van der Waals surface area (Å²) in [6.07, 6.45) is 4.27. The third-order valence-electron chi connectivity index (χ3n) is 5.28. The lowest BCUT2D eigenvalue weighted by Crippen LogP contribution is -2.08. The van der Waals surface area contributed by atoms with E-state index in [-0.39, 0.29) is 5.56 Å². The number of fused-ring (bicyclic) bond motifs is 1. The van der Waals surface area contributed by atoms with Gasteiger partial charge in [0, 0.05) is 29.6 Å². The van der Waals surface area contributed by atoms with Gasteiger partial charge in [-0.2, -0.15) is 10.4 Å². The molecule has 3 aromatic rings. The van der Waals surface area contributed by atoms with Crippen LogP contribution in [-0.4, -0.2) is 25.6 Å². The number of benzene rings is 1. The molecule has 0 N–H and O–H groups in total. The molecule has 0 amide bonds. The molecule has 4 rings (SSSR count). The SMILES string of the molecule is Cc1c2c(nn1C)CCC(n1c(-c3ccc(C#N)c(F)c3)nc(C=O)c1C)=C2. The minimum atomic E-state index is -0.608.